The average Bonchev–Trinajstić information content (AvgIpc) is 2.72. The van der Waals surface area contributed by atoms with Gasteiger partial charge in [0, 0.05) is 45.5 Å². The van der Waals surface area contributed by atoms with Crippen LogP contribution in [0, 0.1) is 11.3 Å². The van der Waals surface area contributed by atoms with Crippen LogP contribution in [-0.4, -0.2) is 55.0 Å². The number of nitrogens with zero attached hydrogens (tertiary/aromatic N) is 3. The van der Waals surface area contributed by atoms with Crippen molar-refractivity contribution in [1.82, 2.24) is 15.1 Å². The molecule has 6 nitrogen and oxygen atoms in total. The van der Waals surface area contributed by atoms with E-state index in [1.54, 1.807) is 6.20 Å². The van der Waals surface area contributed by atoms with Gasteiger partial charge in [-0.25, -0.2) is 0 Å². The Morgan fingerprint density at radius 3 is 2.64 bits per heavy atom. The van der Waals surface area contributed by atoms with Gasteiger partial charge in [0.2, 0.25) is 0 Å². The van der Waals surface area contributed by atoms with Crippen molar-refractivity contribution >= 4 is 5.91 Å². The van der Waals surface area contributed by atoms with Crippen LogP contribution in [0.4, 0.5) is 0 Å². The summed E-state index contributed by atoms with van der Waals surface area (Å²) in [5.41, 5.74) is 9.70. The van der Waals surface area contributed by atoms with Crippen molar-refractivity contribution in [1.29, 1.82) is 5.26 Å². The lowest BCUT2D eigenvalue weighted by Gasteiger charge is -2.33. The number of carbonyl (C=O) groups is 1. The number of rotatable bonds is 6. The highest BCUT2D eigenvalue weighted by atomic mass is 16.1. The molecule has 6 heteroatoms. The Hall–Kier alpha value is -2.36. The molecule has 1 aliphatic heterocycles. The Morgan fingerprint density at radius 2 is 1.96 bits per heavy atom. The summed E-state index contributed by atoms with van der Waals surface area (Å²) in [6.07, 6.45) is 6.46. The van der Waals surface area contributed by atoms with Gasteiger partial charge in [-0.05, 0) is 49.3 Å². The van der Waals surface area contributed by atoms with E-state index in [0.717, 1.165) is 51.1 Å². The quantitative estimate of drug-likeness (QED) is 0.579. The van der Waals surface area contributed by atoms with E-state index in [9.17, 15) is 10.1 Å². The number of hydrogen-bond acceptors (Lipinski definition) is 5. The lowest BCUT2D eigenvalue weighted by atomic mass is 9.89. The molecule has 1 heterocycles. The summed E-state index contributed by atoms with van der Waals surface area (Å²) >= 11 is 0. The second kappa shape index (κ2) is 9.72. The molecule has 1 aromatic carbocycles. The first-order valence-electron chi connectivity index (χ1n) is 10.3. The van der Waals surface area contributed by atoms with Crippen LogP contribution in [0.15, 0.2) is 30.0 Å². The van der Waals surface area contributed by atoms with E-state index in [-0.39, 0.29) is 17.5 Å². The van der Waals surface area contributed by atoms with Crippen molar-refractivity contribution in [3.8, 4) is 6.07 Å². The van der Waals surface area contributed by atoms with Crippen LogP contribution in [-0.2, 0) is 17.6 Å². The summed E-state index contributed by atoms with van der Waals surface area (Å²) in [4.78, 5) is 17.0. The van der Waals surface area contributed by atoms with Crippen LogP contribution in [0.5, 0.6) is 0 Å². The van der Waals surface area contributed by atoms with E-state index in [1.807, 2.05) is 6.92 Å². The smallest absolute Gasteiger partial charge is 0.263 e. The molecule has 0 spiro atoms. The maximum atomic E-state index is 12.6. The summed E-state index contributed by atoms with van der Waals surface area (Å²) < 4.78 is 0. The van der Waals surface area contributed by atoms with Crippen LogP contribution >= 0.6 is 0 Å². The Labute approximate surface area is 168 Å². The maximum Gasteiger partial charge on any atom is 0.263 e. The van der Waals surface area contributed by atoms with Gasteiger partial charge >= 0.3 is 0 Å². The molecule has 0 saturated carbocycles. The van der Waals surface area contributed by atoms with E-state index in [0.29, 0.717) is 6.54 Å². The molecule has 1 aliphatic carbocycles. The molecular weight excluding hydrogens is 350 g/mol. The normalized spacial score (nSPS) is 18.9. The molecule has 0 bridgehead atoms. The molecule has 1 unspecified atom stereocenters. The molecule has 1 saturated heterocycles. The van der Waals surface area contributed by atoms with E-state index in [2.05, 4.69) is 39.4 Å². The molecule has 150 valence electrons. The van der Waals surface area contributed by atoms with Gasteiger partial charge < -0.3 is 16.0 Å². The van der Waals surface area contributed by atoms with Crippen LogP contribution < -0.4 is 11.1 Å². The van der Waals surface area contributed by atoms with Crippen LogP contribution in [0.1, 0.15) is 42.5 Å². The van der Waals surface area contributed by atoms with Crippen molar-refractivity contribution in [3.05, 3.63) is 46.7 Å². The van der Waals surface area contributed by atoms with Gasteiger partial charge in [-0.3, -0.25) is 9.69 Å². The van der Waals surface area contributed by atoms with Crippen molar-refractivity contribution in [2.75, 3.05) is 39.3 Å². The highest BCUT2D eigenvalue weighted by molar-refractivity contribution is 5.97. The summed E-state index contributed by atoms with van der Waals surface area (Å²) in [5, 5.41) is 12.5. The zero-order valence-electron chi connectivity index (χ0n) is 16.8. The van der Waals surface area contributed by atoms with E-state index < -0.39 is 0 Å². The van der Waals surface area contributed by atoms with Gasteiger partial charge in [0.05, 0.1) is 6.04 Å². The second-order valence-corrected chi connectivity index (χ2v) is 7.75. The first-order chi connectivity index (χ1) is 13.6. The highest BCUT2D eigenvalue weighted by Crippen LogP contribution is 2.25. The number of piperazine rings is 1. The van der Waals surface area contributed by atoms with Crippen LogP contribution in [0.3, 0.4) is 0 Å². The highest BCUT2D eigenvalue weighted by Gasteiger charge is 2.19. The number of hydrogen-bond donors (Lipinski definition) is 2. The predicted molar refractivity (Wildman–Crippen MR) is 110 cm³/mol. The molecule has 3 rings (SSSR count). The van der Waals surface area contributed by atoms with Crippen LogP contribution in [0.2, 0.25) is 0 Å². The molecule has 28 heavy (non-hydrogen) atoms. The number of amides is 1. The SMILES string of the molecule is CC(NC(=O)/C(C#N)=C\N1CCN(CCN)CC1)c1ccc2c(c1)CCCC2. The zero-order chi connectivity index (χ0) is 19.9. The maximum absolute atomic E-state index is 12.6. The number of carbonyl (C=O) groups excluding carboxylic acids is 1. The van der Waals surface area contributed by atoms with E-state index in [4.69, 9.17) is 5.73 Å². The molecule has 1 aromatic rings. The third-order valence-corrected chi connectivity index (χ3v) is 5.75. The number of benzene rings is 1. The Morgan fingerprint density at radius 1 is 1.25 bits per heavy atom. The number of fused-ring (bicyclic) bond motifs is 1. The third kappa shape index (κ3) is 5.12. The number of aryl methyl sites for hydroxylation is 2. The largest absolute Gasteiger partial charge is 0.374 e. The minimum Gasteiger partial charge on any atom is -0.374 e. The first-order valence-corrected chi connectivity index (χ1v) is 10.3. The monoisotopic (exact) mass is 381 g/mol. The van der Waals surface area contributed by atoms with Gasteiger partial charge in [-0.15, -0.1) is 0 Å². The number of nitrogens with two attached hydrogens (primary N) is 1. The Kier molecular flexibility index (Phi) is 7.07. The minimum absolute atomic E-state index is 0.127. The fourth-order valence-electron chi connectivity index (χ4n) is 4.00. The standard InChI is InChI=1S/C22H31N5O/c1-17(19-7-6-18-4-2-3-5-20(18)14-19)25-22(28)21(15-24)16-27-12-10-26(9-8-23)11-13-27/h6-7,14,16-17H,2-5,8-13,23H2,1H3,(H,25,28)/b21-16-. The first kappa shape index (κ1) is 20.4. The molecule has 0 radical (unpaired) electrons. The molecule has 3 N–H and O–H groups in total. The number of nitrogens with one attached hydrogen (secondary N) is 1. The van der Waals surface area contributed by atoms with Gasteiger partial charge in [-0.2, -0.15) is 5.26 Å². The molecule has 1 atom stereocenters. The fourth-order valence-corrected chi connectivity index (χ4v) is 4.00. The second-order valence-electron chi connectivity index (χ2n) is 7.75. The van der Waals surface area contributed by atoms with Gasteiger partial charge in [0.15, 0.2) is 0 Å². The summed E-state index contributed by atoms with van der Waals surface area (Å²) in [6.45, 7) is 6.93. The predicted octanol–water partition coefficient (Wildman–Crippen LogP) is 1.73. The Balaban J connectivity index is 1.60. The fraction of sp³-hybridized carbons (Fsp3) is 0.545. The van der Waals surface area contributed by atoms with Gasteiger partial charge in [0.1, 0.15) is 11.6 Å². The van der Waals surface area contributed by atoms with Crippen molar-refractivity contribution in [2.45, 2.75) is 38.6 Å². The molecule has 2 aliphatic rings. The van der Waals surface area contributed by atoms with E-state index in [1.165, 1.54) is 24.0 Å². The van der Waals surface area contributed by atoms with Crippen LogP contribution in [0.25, 0.3) is 0 Å². The third-order valence-electron chi connectivity index (χ3n) is 5.75. The molecule has 1 amide bonds. The molecular formula is C22H31N5O. The van der Waals surface area contributed by atoms with Gasteiger partial charge in [-0.1, -0.05) is 18.2 Å². The Bertz CT molecular complexity index is 759. The molecule has 1 fully saturated rings. The average molecular weight is 382 g/mol. The van der Waals surface area contributed by atoms with Crippen molar-refractivity contribution in [2.24, 2.45) is 5.73 Å². The summed E-state index contributed by atoms with van der Waals surface area (Å²) in [7, 11) is 0. The topological polar surface area (TPSA) is 85.4 Å². The zero-order valence-corrected chi connectivity index (χ0v) is 16.8. The minimum atomic E-state index is -0.308. The van der Waals surface area contributed by atoms with Gasteiger partial charge in [0.25, 0.3) is 5.91 Å². The summed E-state index contributed by atoms with van der Waals surface area (Å²) in [5.74, 6) is -0.308. The summed E-state index contributed by atoms with van der Waals surface area (Å²) in [6, 6.07) is 8.44. The van der Waals surface area contributed by atoms with E-state index >= 15 is 0 Å². The van der Waals surface area contributed by atoms with Crippen molar-refractivity contribution in [3.63, 3.8) is 0 Å². The lowest BCUT2D eigenvalue weighted by molar-refractivity contribution is -0.117. The molecule has 0 aromatic heterocycles. The lowest BCUT2D eigenvalue weighted by Crippen LogP contribution is -2.46. The van der Waals surface area contributed by atoms with Crippen molar-refractivity contribution < 1.29 is 4.79 Å². The number of nitriles is 1.